The van der Waals surface area contributed by atoms with Crippen molar-refractivity contribution >= 4 is 23.8 Å². The molecule has 0 saturated carbocycles. The van der Waals surface area contributed by atoms with Crippen LogP contribution in [0.2, 0.25) is 0 Å². The second kappa shape index (κ2) is 6.24. The van der Waals surface area contributed by atoms with Gasteiger partial charge in [-0.2, -0.15) is 11.8 Å². The summed E-state index contributed by atoms with van der Waals surface area (Å²) < 4.78 is 0. The topological polar surface area (TPSA) is 60.9 Å². The quantitative estimate of drug-likeness (QED) is 0.806. The Morgan fingerprint density at radius 3 is 2.60 bits per heavy atom. The molecule has 2 amide bonds. The number of carbonyl (C=O) groups is 2. The van der Waals surface area contributed by atoms with Gasteiger partial charge in [-0.25, -0.2) is 9.59 Å². The molecule has 0 spiro atoms. The maximum atomic E-state index is 12.7. The number of aliphatic carboxylic acids is 1. The van der Waals surface area contributed by atoms with Crippen LogP contribution in [0.25, 0.3) is 0 Å². The molecule has 1 atom stereocenters. The van der Waals surface area contributed by atoms with E-state index in [-0.39, 0.29) is 11.4 Å². The summed E-state index contributed by atoms with van der Waals surface area (Å²) in [5.74, 6) is 1.14. The highest BCUT2D eigenvalue weighted by atomic mass is 32.2. The Morgan fingerprint density at radius 2 is 1.90 bits per heavy atom. The van der Waals surface area contributed by atoms with Gasteiger partial charge in [0.15, 0.2) is 0 Å². The molecule has 1 unspecified atom stereocenters. The molecule has 114 valence electrons. The number of likely N-dealkylation sites (tertiary alicyclic amines) is 1. The lowest BCUT2D eigenvalue weighted by Gasteiger charge is -2.45. The fourth-order valence-corrected chi connectivity index (χ4v) is 4.07. The zero-order chi connectivity index (χ0) is 14.8. The molecule has 2 aliphatic heterocycles. The van der Waals surface area contributed by atoms with Crippen LogP contribution in [0.4, 0.5) is 4.79 Å². The van der Waals surface area contributed by atoms with Gasteiger partial charge >= 0.3 is 12.0 Å². The van der Waals surface area contributed by atoms with E-state index in [0.29, 0.717) is 6.54 Å². The molecular formula is C14H24N2O3S. The maximum Gasteiger partial charge on any atom is 0.327 e. The van der Waals surface area contributed by atoms with E-state index in [1.54, 1.807) is 4.90 Å². The van der Waals surface area contributed by atoms with Crippen molar-refractivity contribution in [3.63, 3.8) is 0 Å². The molecule has 0 aromatic carbocycles. The standard InChI is InChI=1S/C14H24N2O3S/c1-14(2)5-3-7-16(11(14)12(17)18)13(19)15-6-4-9-20-10-8-15/h11H,3-10H2,1-2H3,(H,17,18). The van der Waals surface area contributed by atoms with Gasteiger partial charge in [-0.3, -0.25) is 0 Å². The molecule has 2 saturated heterocycles. The van der Waals surface area contributed by atoms with Crippen molar-refractivity contribution in [3.05, 3.63) is 0 Å². The van der Waals surface area contributed by atoms with E-state index >= 15 is 0 Å². The summed E-state index contributed by atoms with van der Waals surface area (Å²) in [7, 11) is 0. The van der Waals surface area contributed by atoms with Crippen molar-refractivity contribution < 1.29 is 14.7 Å². The number of urea groups is 1. The minimum Gasteiger partial charge on any atom is -0.480 e. The smallest absolute Gasteiger partial charge is 0.327 e. The molecule has 1 N–H and O–H groups in total. The van der Waals surface area contributed by atoms with Crippen LogP contribution in [0.5, 0.6) is 0 Å². The normalized spacial score (nSPS) is 27.0. The van der Waals surface area contributed by atoms with E-state index in [1.807, 2.05) is 30.5 Å². The summed E-state index contributed by atoms with van der Waals surface area (Å²) in [6.07, 6.45) is 2.72. The number of carboxylic acid groups (broad SMARTS) is 1. The highest BCUT2D eigenvalue weighted by Crippen LogP contribution is 2.36. The molecule has 5 nitrogen and oxygen atoms in total. The minimum absolute atomic E-state index is 0.0901. The van der Waals surface area contributed by atoms with Crippen LogP contribution in [0, 0.1) is 5.41 Å². The van der Waals surface area contributed by atoms with Crippen molar-refractivity contribution in [2.75, 3.05) is 31.1 Å². The van der Waals surface area contributed by atoms with Gasteiger partial charge in [-0.1, -0.05) is 13.8 Å². The van der Waals surface area contributed by atoms with Crippen molar-refractivity contribution in [2.24, 2.45) is 5.41 Å². The van der Waals surface area contributed by atoms with E-state index in [4.69, 9.17) is 0 Å². The van der Waals surface area contributed by atoms with Gasteiger partial charge in [-0.15, -0.1) is 0 Å². The van der Waals surface area contributed by atoms with Crippen LogP contribution in [0.15, 0.2) is 0 Å². The average Bonchev–Trinajstić information content (AvgIpc) is 2.64. The van der Waals surface area contributed by atoms with Crippen molar-refractivity contribution in [3.8, 4) is 0 Å². The van der Waals surface area contributed by atoms with Crippen molar-refractivity contribution in [2.45, 2.75) is 39.2 Å². The summed E-state index contributed by atoms with van der Waals surface area (Å²) >= 11 is 1.86. The lowest BCUT2D eigenvalue weighted by atomic mass is 9.76. The number of carbonyl (C=O) groups excluding carboxylic acids is 1. The van der Waals surface area contributed by atoms with E-state index in [9.17, 15) is 14.7 Å². The highest BCUT2D eigenvalue weighted by molar-refractivity contribution is 7.99. The second-order valence-electron chi connectivity index (χ2n) is 6.26. The predicted molar refractivity (Wildman–Crippen MR) is 80.1 cm³/mol. The fourth-order valence-electron chi connectivity index (χ4n) is 3.19. The van der Waals surface area contributed by atoms with E-state index in [2.05, 4.69) is 0 Å². The van der Waals surface area contributed by atoms with Gasteiger partial charge < -0.3 is 14.9 Å². The lowest BCUT2D eigenvalue weighted by Crippen LogP contribution is -2.59. The molecule has 20 heavy (non-hydrogen) atoms. The van der Waals surface area contributed by atoms with Gasteiger partial charge in [0.25, 0.3) is 0 Å². The van der Waals surface area contributed by atoms with Gasteiger partial charge in [0.1, 0.15) is 6.04 Å². The third-order valence-electron chi connectivity index (χ3n) is 4.24. The summed E-state index contributed by atoms with van der Waals surface area (Å²) in [4.78, 5) is 27.7. The minimum atomic E-state index is -0.882. The first-order chi connectivity index (χ1) is 9.43. The van der Waals surface area contributed by atoms with Crippen LogP contribution in [0.3, 0.4) is 0 Å². The first-order valence-electron chi connectivity index (χ1n) is 7.29. The van der Waals surface area contributed by atoms with Crippen LogP contribution in [0.1, 0.15) is 33.1 Å². The molecule has 0 aliphatic carbocycles. The molecule has 2 heterocycles. The first kappa shape index (κ1) is 15.5. The van der Waals surface area contributed by atoms with Gasteiger partial charge in [-0.05, 0) is 30.4 Å². The van der Waals surface area contributed by atoms with Crippen LogP contribution >= 0.6 is 11.8 Å². The molecule has 2 aliphatic rings. The zero-order valence-corrected chi connectivity index (χ0v) is 13.1. The zero-order valence-electron chi connectivity index (χ0n) is 12.3. The Kier molecular flexibility index (Phi) is 4.83. The number of hydrogen-bond donors (Lipinski definition) is 1. The second-order valence-corrected chi connectivity index (χ2v) is 7.49. The summed E-state index contributed by atoms with van der Waals surface area (Å²) in [5, 5.41) is 9.53. The third-order valence-corrected chi connectivity index (χ3v) is 5.29. The first-order valence-corrected chi connectivity index (χ1v) is 8.45. The maximum absolute atomic E-state index is 12.7. The van der Waals surface area contributed by atoms with Crippen LogP contribution in [-0.2, 0) is 4.79 Å². The number of nitrogens with zero attached hydrogens (tertiary/aromatic N) is 2. The molecule has 2 rings (SSSR count). The Labute approximate surface area is 124 Å². The van der Waals surface area contributed by atoms with E-state index < -0.39 is 12.0 Å². The Bertz CT molecular complexity index is 379. The van der Waals surface area contributed by atoms with Crippen LogP contribution in [-0.4, -0.2) is 64.1 Å². The predicted octanol–water partition coefficient (Wildman–Crippen LogP) is 2.12. The largest absolute Gasteiger partial charge is 0.480 e. The number of amides is 2. The van der Waals surface area contributed by atoms with Crippen molar-refractivity contribution in [1.82, 2.24) is 9.80 Å². The number of hydrogen-bond acceptors (Lipinski definition) is 3. The molecule has 0 bridgehead atoms. The van der Waals surface area contributed by atoms with E-state index in [0.717, 1.165) is 43.9 Å². The number of piperidine rings is 1. The summed E-state index contributed by atoms with van der Waals surface area (Å²) in [5.41, 5.74) is -0.361. The monoisotopic (exact) mass is 300 g/mol. The Morgan fingerprint density at radius 1 is 1.15 bits per heavy atom. The number of thioether (sulfide) groups is 1. The van der Waals surface area contributed by atoms with Gasteiger partial charge in [0.2, 0.25) is 0 Å². The summed E-state index contributed by atoms with van der Waals surface area (Å²) in [6.45, 7) is 5.93. The number of carboxylic acids is 1. The third kappa shape index (κ3) is 3.22. The Balaban J connectivity index is 2.15. The molecule has 0 radical (unpaired) electrons. The molecule has 6 heteroatoms. The lowest BCUT2D eigenvalue weighted by molar-refractivity contribution is -0.148. The van der Waals surface area contributed by atoms with Crippen molar-refractivity contribution in [1.29, 1.82) is 0 Å². The molecule has 0 aromatic rings. The molecule has 0 aromatic heterocycles. The average molecular weight is 300 g/mol. The Hall–Kier alpha value is -0.910. The summed E-state index contributed by atoms with van der Waals surface area (Å²) in [6, 6.07) is -0.799. The molecular weight excluding hydrogens is 276 g/mol. The van der Waals surface area contributed by atoms with E-state index in [1.165, 1.54) is 0 Å². The number of rotatable bonds is 1. The van der Waals surface area contributed by atoms with Gasteiger partial charge in [0, 0.05) is 25.4 Å². The van der Waals surface area contributed by atoms with Crippen LogP contribution < -0.4 is 0 Å². The van der Waals surface area contributed by atoms with Gasteiger partial charge in [0.05, 0.1) is 0 Å². The fraction of sp³-hybridized carbons (Fsp3) is 0.857. The SMILES string of the molecule is CC1(C)CCCN(C(=O)N2CCCSCC2)C1C(=O)O. The highest BCUT2D eigenvalue weighted by Gasteiger charge is 2.45. The molecule has 2 fully saturated rings.